The lowest BCUT2D eigenvalue weighted by atomic mass is 9.81. The highest BCUT2D eigenvalue weighted by Crippen LogP contribution is 2.41. The van der Waals surface area contributed by atoms with Gasteiger partial charge < -0.3 is 23.7 Å². The predicted molar refractivity (Wildman–Crippen MR) is 108 cm³/mol. The number of hydrogen-bond acceptors (Lipinski definition) is 7. The molecule has 1 aromatic carbocycles. The van der Waals surface area contributed by atoms with Crippen molar-refractivity contribution >= 4 is 11.9 Å². The van der Waals surface area contributed by atoms with Crippen LogP contribution in [0.15, 0.2) is 24.3 Å². The zero-order valence-corrected chi connectivity index (χ0v) is 18.1. The van der Waals surface area contributed by atoms with Gasteiger partial charge in [0.1, 0.15) is 30.0 Å². The number of amides is 1. The van der Waals surface area contributed by atoms with E-state index in [9.17, 15) is 9.59 Å². The maximum absolute atomic E-state index is 12.7. The fourth-order valence-corrected chi connectivity index (χ4v) is 3.70. The highest BCUT2D eigenvalue weighted by atomic mass is 16.7. The van der Waals surface area contributed by atoms with Crippen LogP contribution in [0.3, 0.4) is 0 Å². The molecular formula is C22H31NO7. The Morgan fingerprint density at radius 1 is 1.27 bits per heavy atom. The van der Waals surface area contributed by atoms with Gasteiger partial charge >= 0.3 is 6.09 Å². The number of benzene rings is 1. The number of hydrogen-bond donors (Lipinski definition) is 0. The van der Waals surface area contributed by atoms with Crippen molar-refractivity contribution in [3.05, 3.63) is 29.8 Å². The van der Waals surface area contributed by atoms with E-state index in [4.69, 9.17) is 23.7 Å². The number of nitrogens with zero attached hydrogens (tertiary/aromatic N) is 1. The van der Waals surface area contributed by atoms with E-state index in [0.717, 1.165) is 0 Å². The van der Waals surface area contributed by atoms with Crippen LogP contribution in [-0.2, 0) is 18.9 Å². The van der Waals surface area contributed by atoms with Crippen molar-refractivity contribution in [2.45, 2.75) is 57.5 Å². The number of carbonyl (C=O) groups excluding carboxylic acids is 2. The molecule has 8 heteroatoms. The maximum Gasteiger partial charge on any atom is 0.412 e. The molecule has 0 saturated carbocycles. The van der Waals surface area contributed by atoms with Crippen LogP contribution in [-0.4, -0.2) is 67.9 Å². The minimum absolute atomic E-state index is 0.00601. The molecule has 1 saturated heterocycles. The van der Waals surface area contributed by atoms with E-state index in [1.54, 1.807) is 24.1 Å². The van der Waals surface area contributed by atoms with Crippen molar-refractivity contribution < 1.29 is 33.3 Å². The first-order valence-corrected chi connectivity index (χ1v) is 10.2. The number of fused-ring (bicyclic) bond motifs is 1. The van der Waals surface area contributed by atoms with Crippen molar-refractivity contribution in [1.29, 1.82) is 0 Å². The zero-order valence-electron chi connectivity index (χ0n) is 18.1. The number of ether oxygens (including phenoxy) is 5. The smallest absolute Gasteiger partial charge is 0.412 e. The SMILES string of the molecule is COCCOCOC1CC2(CCN1C(=O)OC(C)(C)C)CC(=O)c1ccccc1O2. The number of rotatable bonds is 6. The number of ketones is 1. The molecule has 2 aliphatic heterocycles. The summed E-state index contributed by atoms with van der Waals surface area (Å²) in [5.41, 5.74) is -0.749. The Morgan fingerprint density at radius 3 is 2.77 bits per heavy atom. The fraction of sp³-hybridized carbons (Fsp3) is 0.636. The number of Topliss-reactive ketones (excluding diaryl/α,β-unsaturated/α-hetero) is 1. The number of para-hydroxylation sites is 1. The number of likely N-dealkylation sites (tertiary alicyclic amines) is 1. The third kappa shape index (κ3) is 5.50. The fourth-order valence-electron chi connectivity index (χ4n) is 3.70. The minimum Gasteiger partial charge on any atom is -0.486 e. The Balaban J connectivity index is 1.74. The van der Waals surface area contributed by atoms with Gasteiger partial charge in [-0.15, -0.1) is 0 Å². The molecule has 30 heavy (non-hydrogen) atoms. The molecule has 2 atom stereocenters. The third-order valence-corrected chi connectivity index (χ3v) is 5.10. The summed E-state index contributed by atoms with van der Waals surface area (Å²) >= 11 is 0. The van der Waals surface area contributed by atoms with Crippen LogP contribution in [0.5, 0.6) is 5.75 Å². The van der Waals surface area contributed by atoms with E-state index in [0.29, 0.717) is 43.9 Å². The molecule has 1 aromatic rings. The van der Waals surface area contributed by atoms with E-state index in [-0.39, 0.29) is 19.0 Å². The van der Waals surface area contributed by atoms with Gasteiger partial charge in [-0.05, 0) is 32.9 Å². The minimum atomic E-state index is -0.721. The molecular weight excluding hydrogens is 390 g/mol. The van der Waals surface area contributed by atoms with Crippen LogP contribution in [0.25, 0.3) is 0 Å². The van der Waals surface area contributed by atoms with Crippen LogP contribution >= 0.6 is 0 Å². The van der Waals surface area contributed by atoms with Crippen LogP contribution < -0.4 is 4.74 Å². The zero-order chi connectivity index (χ0) is 21.8. The standard InChI is InChI=1S/C22H31NO7/c1-21(2,3)30-20(25)23-10-9-22(14-19(23)28-15-27-12-11-26-4)13-17(24)16-7-5-6-8-18(16)29-22/h5-8,19H,9-15H2,1-4H3. The third-order valence-electron chi connectivity index (χ3n) is 5.10. The van der Waals surface area contributed by atoms with Crippen molar-refractivity contribution in [2.24, 2.45) is 0 Å². The molecule has 166 valence electrons. The Bertz CT molecular complexity index is 760. The molecule has 3 rings (SSSR count). The molecule has 8 nitrogen and oxygen atoms in total. The highest BCUT2D eigenvalue weighted by Gasteiger charge is 2.48. The molecule has 2 unspecified atom stereocenters. The lowest BCUT2D eigenvalue weighted by Crippen LogP contribution is -2.58. The molecule has 0 N–H and O–H groups in total. The summed E-state index contributed by atoms with van der Waals surface area (Å²) in [5.74, 6) is 0.618. The van der Waals surface area contributed by atoms with Gasteiger partial charge in [0, 0.05) is 26.5 Å². The molecule has 2 heterocycles. The lowest BCUT2D eigenvalue weighted by Gasteiger charge is -2.47. The van der Waals surface area contributed by atoms with E-state index < -0.39 is 23.5 Å². The van der Waals surface area contributed by atoms with Crippen molar-refractivity contribution in [1.82, 2.24) is 4.90 Å². The summed E-state index contributed by atoms with van der Waals surface area (Å²) in [6.07, 6.45) is 0.0173. The molecule has 0 aliphatic carbocycles. The average molecular weight is 421 g/mol. The molecule has 0 aromatic heterocycles. The van der Waals surface area contributed by atoms with Crippen molar-refractivity contribution in [3.63, 3.8) is 0 Å². The van der Waals surface area contributed by atoms with E-state index in [1.807, 2.05) is 32.9 Å². The average Bonchev–Trinajstić information content (AvgIpc) is 2.66. The van der Waals surface area contributed by atoms with Gasteiger partial charge in [0.2, 0.25) is 0 Å². The highest BCUT2D eigenvalue weighted by molar-refractivity contribution is 6.00. The monoisotopic (exact) mass is 421 g/mol. The van der Waals surface area contributed by atoms with E-state index >= 15 is 0 Å². The van der Waals surface area contributed by atoms with Crippen molar-refractivity contribution in [2.75, 3.05) is 33.7 Å². The first kappa shape index (κ1) is 22.5. The quantitative estimate of drug-likeness (QED) is 0.514. The van der Waals surface area contributed by atoms with Crippen LogP contribution in [0.1, 0.15) is 50.4 Å². The van der Waals surface area contributed by atoms with Gasteiger partial charge in [-0.1, -0.05) is 12.1 Å². The molecule has 0 radical (unpaired) electrons. The van der Waals surface area contributed by atoms with Crippen molar-refractivity contribution in [3.8, 4) is 5.75 Å². The summed E-state index contributed by atoms with van der Waals surface area (Å²) in [4.78, 5) is 27.0. The predicted octanol–water partition coefficient (Wildman–Crippen LogP) is 3.38. The Hall–Kier alpha value is -2.16. The Kier molecular flexibility index (Phi) is 7.00. The Labute approximate surface area is 177 Å². The second-order valence-electron chi connectivity index (χ2n) is 8.65. The van der Waals surface area contributed by atoms with Gasteiger partial charge in [0.25, 0.3) is 0 Å². The van der Waals surface area contributed by atoms with Gasteiger partial charge in [0.05, 0.1) is 25.2 Å². The molecule has 1 fully saturated rings. The van der Waals surface area contributed by atoms with E-state index in [2.05, 4.69) is 0 Å². The number of piperidine rings is 1. The topological polar surface area (TPSA) is 83.5 Å². The van der Waals surface area contributed by atoms with Gasteiger partial charge in [0.15, 0.2) is 5.78 Å². The summed E-state index contributed by atoms with van der Waals surface area (Å²) in [7, 11) is 1.59. The summed E-state index contributed by atoms with van der Waals surface area (Å²) < 4.78 is 28.1. The second kappa shape index (κ2) is 9.32. The normalized spacial score (nSPS) is 23.8. The molecule has 0 bridgehead atoms. The maximum atomic E-state index is 12.7. The lowest BCUT2D eigenvalue weighted by molar-refractivity contribution is -0.178. The number of carbonyl (C=O) groups is 2. The summed E-state index contributed by atoms with van der Waals surface area (Å²) in [6.45, 7) is 6.63. The van der Waals surface area contributed by atoms with Crippen LogP contribution in [0.2, 0.25) is 0 Å². The number of methoxy groups -OCH3 is 1. The first-order chi connectivity index (χ1) is 14.2. The van der Waals surface area contributed by atoms with E-state index in [1.165, 1.54) is 0 Å². The largest absolute Gasteiger partial charge is 0.486 e. The molecule has 1 spiro atoms. The first-order valence-electron chi connectivity index (χ1n) is 10.2. The summed E-state index contributed by atoms with van der Waals surface area (Å²) in [6, 6.07) is 7.25. The molecule has 2 aliphatic rings. The summed E-state index contributed by atoms with van der Waals surface area (Å²) in [5, 5.41) is 0. The van der Waals surface area contributed by atoms with Gasteiger partial charge in [-0.25, -0.2) is 4.79 Å². The second-order valence-corrected chi connectivity index (χ2v) is 8.65. The van der Waals surface area contributed by atoms with Crippen LogP contribution in [0, 0.1) is 0 Å². The van der Waals surface area contributed by atoms with Crippen LogP contribution in [0.4, 0.5) is 4.79 Å². The van der Waals surface area contributed by atoms with Gasteiger partial charge in [-0.3, -0.25) is 9.69 Å². The van der Waals surface area contributed by atoms with Gasteiger partial charge in [-0.2, -0.15) is 0 Å². The molecule has 1 amide bonds. The Morgan fingerprint density at radius 2 is 2.03 bits per heavy atom.